The van der Waals surface area contributed by atoms with Gasteiger partial charge in [0.15, 0.2) is 5.70 Å². The van der Waals surface area contributed by atoms with Gasteiger partial charge in [0.05, 0.1) is 20.5 Å². The lowest BCUT2D eigenvalue weighted by Gasteiger charge is -2.01. The summed E-state index contributed by atoms with van der Waals surface area (Å²) >= 11 is 11.8. The van der Waals surface area contributed by atoms with Crippen LogP contribution in [0.4, 0.5) is 5.69 Å². The van der Waals surface area contributed by atoms with E-state index in [0.717, 1.165) is 0 Å². The molecule has 0 radical (unpaired) electrons. The van der Waals surface area contributed by atoms with Gasteiger partial charge in [-0.25, -0.2) is 9.79 Å². The van der Waals surface area contributed by atoms with Crippen molar-refractivity contribution in [3.05, 3.63) is 79.4 Å². The third kappa shape index (κ3) is 3.15. The summed E-state index contributed by atoms with van der Waals surface area (Å²) in [6.45, 7) is 0. The summed E-state index contributed by atoms with van der Waals surface area (Å²) in [5.41, 5.74) is 0.568. The predicted octanol–water partition coefficient (Wildman–Crippen LogP) is 4.25. The summed E-state index contributed by atoms with van der Waals surface area (Å²) in [7, 11) is 0. The van der Waals surface area contributed by atoms with Crippen LogP contribution in [0.3, 0.4) is 0 Å². The predicted molar refractivity (Wildman–Crippen MR) is 90.2 cm³/mol. The Morgan fingerprint density at radius 3 is 2.58 bits per heavy atom. The van der Waals surface area contributed by atoms with E-state index in [2.05, 4.69) is 4.99 Å². The minimum atomic E-state index is -0.700. The molecule has 8 heteroatoms. The molecule has 0 saturated carbocycles. The highest BCUT2D eigenvalue weighted by molar-refractivity contribution is 6.42. The van der Waals surface area contributed by atoms with E-state index in [9.17, 15) is 14.9 Å². The number of ether oxygens (including phenoxy) is 1. The molecule has 0 aliphatic carbocycles. The third-order valence-corrected chi connectivity index (χ3v) is 3.95. The number of esters is 1. The molecule has 2 aromatic rings. The Balaban J connectivity index is 2.00. The number of rotatable bonds is 3. The van der Waals surface area contributed by atoms with Crippen LogP contribution in [0.1, 0.15) is 11.1 Å². The van der Waals surface area contributed by atoms with E-state index in [-0.39, 0.29) is 22.8 Å². The minimum Gasteiger partial charge on any atom is -0.402 e. The second-order valence-corrected chi connectivity index (χ2v) is 5.60. The Bertz CT molecular complexity index is 922. The number of nitro groups is 1. The lowest BCUT2D eigenvalue weighted by atomic mass is 10.1. The van der Waals surface area contributed by atoms with Crippen LogP contribution in [0.25, 0.3) is 6.08 Å². The second-order valence-electron chi connectivity index (χ2n) is 4.78. The van der Waals surface area contributed by atoms with Gasteiger partial charge in [0.2, 0.25) is 5.90 Å². The van der Waals surface area contributed by atoms with Gasteiger partial charge >= 0.3 is 5.97 Å². The summed E-state index contributed by atoms with van der Waals surface area (Å²) in [6, 6.07) is 10.7. The Morgan fingerprint density at radius 2 is 1.88 bits per heavy atom. The molecule has 0 aromatic heterocycles. The zero-order chi connectivity index (χ0) is 17.3. The van der Waals surface area contributed by atoms with Crippen molar-refractivity contribution in [2.75, 3.05) is 0 Å². The van der Waals surface area contributed by atoms with Crippen LogP contribution in [0.2, 0.25) is 10.0 Å². The zero-order valence-corrected chi connectivity index (χ0v) is 13.4. The molecule has 1 aliphatic heterocycles. The number of nitrogens with zero attached hydrogens (tertiary/aromatic N) is 2. The Hall–Kier alpha value is -2.70. The van der Waals surface area contributed by atoms with Crippen LogP contribution in [-0.4, -0.2) is 16.8 Å². The van der Waals surface area contributed by atoms with Gasteiger partial charge in [0.1, 0.15) is 0 Å². The van der Waals surface area contributed by atoms with Crippen LogP contribution in [0.5, 0.6) is 0 Å². The van der Waals surface area contributed by atoms with Gasteiger partial charge in [-0.3, -0.25) is 10.1 Å². The molecule has 0 amide bonds. The maximum Gasteiger partial charge on any atom is 0.363 e. The molecule has 2 aromatic carbocycles. The van der Waals surface area contributed by atoms with Crippen LogP contribution < -0.4 is 0 Å². The molecule has 0 fully saturated rings. The smallest absolute Gasteiger partial charge is 0.363 e. The van der Waals surface area contributed by atoms with Crippen molar-refractivity contribution in [1.29, 1.82) is 0 Å². The SMILES string of the molecule is O=C1OC(c2ccc(Cl)c(Cl)c2)=NC1=Cc1ccccc1[N+](=O)[O-]. The lowest BCUT2D eigenvalue weighted by molar-refractivity contribution is -0.385. The molecular formula is C16H8Cl2N2O4. The molecule has 3 rings (SSSR count). The molecule has 0 unspecified atom stereocenters. The molecule has 24 heavy (non-hydrogen) atoms. The van der Waals surface area contributed by atoms with Crippen molar-refractivity contribution in [3.8, 4) is 0 Å². The first kappa shape index (κ1) is 16.2. The number of carbonyl (C=O) groups is 1. The van der Waals surface area contributed by atoms with E-state index < -0.39 is 10.9 Å². The van der Waals surface area contributed by atoms with Gasteiger partial charge in [0.25, 0.3) is 5.69 Å². The monoisotopic (exact) mass is 362 g/mol. The number of hydrogen-bond acceptors (Lipinski definition) is 5. The first-order valence-corrected chi connectivity index (χ1v) is 7.42. The van der Waals surface area contributed by atoms with Crippen molar-refractivity contribution in [3.63, 3.8) is 0 Å². The number of carbonyl (C=O) groups excluding carboxylic acids is 1. The summed E-state index contributed by atoms with van der Waals surface area (Å²) in [5.74, 6) is -0.641. The number of halogens is 2. The van der Waals surface area contributed by atoms with Gasteiger partial charge in [-0.2, -0.15) is 0 Å². The zero-order valence-electron chi connectivity index (χ0n) is 11.9. The van der Waals surface area contributed by atoms with E-state index in [1.165, 1.54) is 30.3 Å². The van der Waals surface area contributed by atoms with Crippen LogP contribution >= 0.6 is 23.2 Å². The quantitative estimate of drug-likeness (QED) is 0.353. The standard InChI is InChI=1S/C16H8Cl2N2O4/c17-11-6-5-10(7-12(11)18)15-19-13(16(21)24-15)8-9-3-1-2-4-14(9)20(22)23/h1-8H. The van der Waals surface area contributed by atoms with Gasteiger partial charge in [-0.05, 0) is 30.3 Å². The van der Waals surface area contributed by atoms with E-state index in [0.29, 0.717) is 15.6 Å². The maximum atomic E-state index is 12.0. The topological polar surface area (TPSA) is 81.8 Å². The van der Waals surface area contributed by atoms with Crippen molar-refractivity contribution in [2.24, 2.45) is 4.99 Å². The maximum absolute atomic E-state index is 12.0. The Morgan fingerprint density at radius 1 is 1.12 bits per heavy atom. The third-order valence-electron chi connectivity index (χ3n) is 3.21. The van der Waals surface area contributed by atoms with E-state index >= 15 is 0 Å². The van der Waals surface area contributed by atoms with Crippen LogP contribution in [-0.2, 0) is 9.53 Å². The van der Waals surface area contributed by atoms with Crippen molar-refractivity contribution >= 4 is 46.8 Å². The number of aliphatic imine (C=N–C) groups is 1. The largest absolute Gasteiger partial charge is 0.402 e. The Kier molecular flexibility index (Phi) is 4.33. The van der Waals surface area contributed by atoms with Gasteiger partial charge in [-0.1, -0.05) is 35.3 Å². The van der Waals surface area contributed by atoms with E-state index in [4.69, 9.17) is 27.9 Å². The lowest BCUT2D eigenvalue weighted by Crippen LogP contribution is -2.05. The van der Waals surface area contributed by atoms with Gasteiger partial charge in [0, 0.05) is 11.6 Å². The van der Waals surface area contributed by atoms with Crippen molar-refractivity contribution in [1.82, 2.24) is 0 Å². The summed E-state index contributed by atoms with van der Waals surface area (Å²) in [5, 5.41) is 11.7. The summed E-state index contributed by atoms with van der Waals surface area (Å²) < 4.78 is 5.10. The second kappa shape index (κ2) is 6.43. The summed E-state index contributed by atoms with van der Waals surface area (Å²) in [4.78, 5) is 26.5. The number of cyclic esters (lactones) is 1. The molecule has 1 heterocycles. The number of nitro benzene ring substituents is 1. The first-order valence-electron chi connectivity index (χ1n) is 6.67. The van der Waals surface area contributed by atoms with Gasteiger partial charge < -0.3 is 4.74 Å². The fourth-order valence-corrected chi connectivity index (χ4v) is 2.38. The molecule has 0 saturated heterocycles. The number of para-hydroxylation sites is 1. The Labute approximate surface area is 146 Å². The number of hydrogen-bond donors (Lipinski definition) is 0. The highest BCUT2D eigenvalue weighted by atomic mass is 35.5. The average molecular weight is 363 g/mol. The normalized spacial score (nSPS) is 15.3. The van der Waals surface area contributed by atoms with Crippen molar-refractivity contribution in [2.45, 2.75) is 0 Å². The highest BCUT2D eigenvalue weighted by Gasteiger charge is 2.25. The molecule has 0 bridgehead atoms. The number of benzene rings is 2. The molecule has 0 atom stereocenters. The molecule has 120 valence electrons. The molecule has 6 nitrogen and oxygen atoms in total. The molecule has 0 N–H and O–H groups in total. The minimum absolute atomic E-state index is 0.0367. The van der Waals surface area contributed by atoms with Crippen LogP contribution in [0, 0.1) is 10.1 Å². The highest BCUT2D eigenvalue weighted by Crippen LogP contribution is 2.27. The fourth-order valence-electron chi connectivity index (χ4n) is 2.08. The summed E-state index contributed by atoms with van der Waals surface area (Å²) in [6.07, 6.45) is 1.31. The first-order chi connectivity index (χ1) is 11.5. The van der Waals surface area contributed by atoms with Gasteiger partial charge in [-0.15, -0.1) is 0 Å². The molecule has 1 aliphatic rings. The average Bonchev–Trinajstić information content (AvgIpc) is 2.91. The molecular weight excluding hydrogens is 355 g/mol. The van der Waals surface area contributed by atoms with Crippen LogP contribution in [0.15, 0.2) is 53.2 Å². The van der Waals surface area contributed by atoms with E-state index in [1.54, 1.807) is 18.2 Å². The van der Waals surface area contributed by atoms with E-state index in [1.807, 2.05) is 0 Å². The fraction of sp³-hybridized carbons (Fsp3) is 0. The molecule has 0 spiro atoms. The van der Waals surface area contributed by atoms with Crippen molar-refractivity contribution < 1.29 is 14.5 Å².